The molecular formula is C19H17BrN4O2. The molecule has 0 aliphatic rings. The topological polar surface area (TPSA) is 86.1 Å². The number of halogens is 1. The Morgan fingerprint density at radius 3 is 2.65 bits per heavy atom. The van der Waals surface area contributed by atoms with Crippen molar-refractivity contribution in [2.24, 2.45) is 0 Å². The van der Waals surface area contributed by atoms with Crippen LogP contribution in [-0.2, 0) is 13.2 Å². The van der Waals surface area contributed by atoms with Crippen molar-refractivity contribution in [1.29, 1.82) is 5.26 Å². The van der Waals surface area contributed by atoms with Crippen molar-refractivity contribution in [2.45, 2.75) is 13.2 Å². The summed E-state index contributed by atoms with van der Waals surface area (Å²) in [7, 11) is 1.61. The maximum absolute atomic E-state index is 9.40. The highest BCUT2D eigenvalue weighted by molar-refractivity contribution is 9.10. The molecule has 7 heteroatoms. The molecule has 0 spiro atoms. The van der Waals surface area contributed by atoms with Gasteiger partial charge in [-0.15, -0.1) is 5.10 Å². The van der Waals surface area contributed by atoms with E-state index < -0.39 is 0 Å². The molecule has 0 fully saturated rings. The molecule has 0 amide bonds. The maximum atomic E-state index is 9.40. The zero-order valence-corrected chi connectivity index (χ0v) is 15.7. The fourth-order valence-corrected chi connectivity index (χ4v) is 2.72. The predicted octanol–water partition coefficient (Wildman–Crippen LogP) is 3.74. The lowest BCUT2D eigenvalue weighted by molar-refractivity contribution is 0.288. The predicted molar refractivity (Wildman–Crippen MR) is 102 cm³/mol. The zero-order valence-electron chi connectivity index (χ0n) is 14.1. The van der Waals surface area contributed by atoms with Gasteiger partial charge in [0.25, 0.3) is 5.88 Å². The van der Waals surface area contributed by atoms with E-state index in [0.717, 1.165) is 21.3 Å². The summed E-state index contributed by atoms with van der Waals surface area (Å²) in [5.41, 5.74) is 8.25. The molecule has 0 aliphatic carbocycles. The number of hydrogen-bond acceptors (Lipinski definition) is 5. The van der Waals surface area contributed by atoms with Crippen LogP contribution in [0.1, 0.15) is 16.7 Å². The van der Waals surface area contributed by atoms with E-state index in [0.29, 0.717) is 6.54 Å². The summed E-state index contributed by atoms with van der Waals surface area (Å²) in [5.74, 6) is 1.26. The van der Waals surface area contributed by atoms with Gasteiger partial charge < -0.3 is 15.2 Å². The van der Waals surface area contributed by atoms with Crippen LogP contribution in [-0.4, -0.2) is 16.9 Å². The number of hydrogen-bond donors (Lipinski definition) is 1. The monoisotopic (exact) mass is 412 g/mol. The molecule has 0 aliphatic heterocycles. The molecule has 6 nitrogen and oxygen atoms in total. The number of aromatic nitrogens is 2. The van der Waals surface area contributed by atoms with E-state index in [4.69, 9.17) is 15.2 Å². The van der Waals surface area contributed by atoms with Gasteiger partial charge in [-0.2, -0.15) is 5.26 Å². The first-order valence-corrected chi connectivity index (χ1v) is 8.66. The standard InChI is InChI=1S/C19H17BrN4O2/c1-25-16-4-2-3-14(9-16)12-26-19-17(10-21)18(22)24(23-19)11-13-5-7-15(20)8-6-13/h2-9H,11-12,22H2,1H3. The Labute approximate surface area is 159 Å². The molecule has 0 saturated carbocycles. The van der Waals surface area contributed by atoms with Gasteiger partial charge in [0.05, 0.1) is 13.7 Å². The molecule has 0 saturated heterocycles. The molecule has 0 unspecified atom stereocenters. The number of rotatable bonds is 6. The van der Waals surface area contributed by atoms with Gasteiger partial charge in [-0.05, 0) is 35.4 Å². The summed E-state index contributed by atoms with van der Waals surface area (Å²) in [4.78, 5) is 0. The first-order chi connectivity index (χ1) is 12.6. The van der Waals surface area contributed by atoms with Gasteiger partial charge in [0.1, 0.15) is 24.2 Å². The minimum atomic E-state index is 0.227. The zero-order chi connectivity index (χ0) is 18.5. The molecule has 0 radical (unpaired) electrons. The molecule has 26 heavy (non-hydrogen) atoms. The Balaban J connectivity index is 1.79. The minimum Gasteiger partial charge on any atom is -0.497 e. The smallest absolute Gasteiger partial charge is 0.253 e. The van der Waals surface area contributed by atoms with Crippen LogP contribution < -0.4 is 15.2 Å². The lowest BCUT2D eigenvalue weighted by atomic mass is 10.2. The Morgan fingerprint density at radius 2 is 1.96 bits per heavy atom. The average molecular weight is 413 g/mol. The van der Waals surface area contributed by atoms with Gasteiger partial charge in [-0.3, -0.25) is 0 Å². The third kappa shape index (κ3) is 3.98. The van der Waals surface area contributed by atoms with Crippen molar-refractivity contribution in [3.8, 4) is 17.7 Å². The molecule has 3 aromatic rings. The van der Waals surface area contributed by atoms with Crippen LogP contribution in [0.5, 0.6) is 11.6 Å². The first-order valence-electron chi connectivity index (χ1n) is 7.87. The van der Waals surface area contributed by atoms with E-state index in [-0.39, 0.29) is 23.9 Å². The first kappa shape index (κ1) is 17.8. The Morgan fingerprint density at radius 1 is 1.19 bits per heavy atom. The van der Waals surface area contributed by atoms with Gasteiger partial charge in [0.15, 0.2) is 5.56 Å². The molecule has 0 atom stereocenters. The highest BCUT2D eigenvalue weighted by atomic mass is 79.9. The van der Waals surface area contributed by atoms with Crippen LogP contribution >= 0.6 is 15.9 Å². The van der Waals surface area contributed by atoms with E-state index in [1.54, 1.807) is 11.8 Å². The van der Waals surface area contributed by atoms with E-state index >= 15 is 0 Å². The molecule has 132 valence electrons. The highest BCUT2D eigenvalue weighted by Gasteiger charge is 2.17. The number of nitriles is 1. The number of ether oxygens (including phenoxy) is 2. The van der Waals surface area contributed by atoms with Gasteiger partial charge in [-0.25, -0.2) is 4.68 Å². The second-order valence-electron chi connectivity index (χ2n) is 5.60. The number of benzene rings is 2. The second-order valence-corrected chi connectivity index (χ2v) is 6.52. The van der Waals surface area contributed by atoms with Crippen LogP contribution in [0.25, 0.3) is 0 Å². The second kappa shape index (κ2) is 7.93. The number of nitrogens with zero attached hydrogens (tertiary/aromatic N) is 3. The van der Waals surface area contributed by atoms with Gasteiger partial charge in [0.2, 0.25) is 0 Å². The summed E-state index contributed by atoms with van der Waals surface area (Å²) in [6.45, 7) is 0.719. The molecular weight excluding hydrogens is 396 g/mol. The lowest BCUT2D eigenvalue weighted by Gasteiger charge is -2.06. The molecule has 3 rings (SSSR count). The van der Waals surface area contributed by atoms with E-state index in [2.05, 4.69) is 27.1 Å². The van der Waals surface area contributed by atoms with Crippen molar-refractivity contribution >= 4 is 21.7 Å². The SMILES string of the molecule is COc1cccc(COc2nn(Cc3ccc(Br)cc3)c(N)c2C#N)c1. The van der Waals surface area contributed by atoms with Crippen LogP contribution in [0, 0.1) is 11.3 Å². The summed E-state index contributed by atoms with van der Waals surface area (Å²) < 4.78 is 13.5. The summed E-state index contributed by atoms with van der Waals surface area (Å²) in [6, 6.07) is 17.4. The van der Waals surface area contributed by atoms with Crippen LogP contribution in [0.3, 0.4) is 0 Å². The van der Waals surface area contributed by atoms with Crippen molar-refractivity contribution < 1.29 is 9.47 Å². The van der Waals surface area contributed by atoms with Crippen molar-refractivity contribution in [1.82, 2.24) is 9.78 Å². The number of anilines is 1. The Bertz CT molecular complexity index is 945. The van der Waals surface area contributed by atoms with Gasteiger partial charge in [0, 0.05) is 4.47 Å². The number of nitrogen functional groups attached to an aromatic ring is 1. The normalized spacial score (nSPS) is 10.3. The van der Waals surface area contributed by atoms with E-state index in [9.17, 15) is 5.26 Å². The molecule has 2 N–H and O–H groups in total. The number of methoxy groups -OCH3 is 1. The lowest BCUT2D eigenvalue weighted by Crippen LogP contribution is -2.06. The quantitative estimate of drug-likeness (QED) is 0.666. The van der Waals surface area contributed by atoms with Crippen molar-refractivity contribution in [3.05, 3.63) is 69.7 Å². The number of nitrogens with two attached hydrogens (primary N) is 1. The summed E-state index contributed by atoms with van der Waals surface area (Å²) >= 11 is 3.41. The molecule has 1 heterocycles. The van der Waals surface area contributed by atoms with Crippen LogP contribution in [0.4, 0.5) is 5.82 Å². The molecule has 2 aromatic carbocycles. The average Bonchev–Trinajstić information content (AvgIpc) is 2.96. The van der Waals surface area contributed by atoms with E-state index in [1.807, 2.05) is 48.5 Å². The minimum absolute atomic E-state index is 0.227. The third-order valence-electron chi connectivity index (χ3n) is 3.83. The van der Waals surface area contributed by atoms with E-state index in [1.165, 1.54) is 0 Å². The Kier molecular flexibility index (Phi) is 5.44. The fraction of sp³-hybridized carbons (Fsp3) is 0.158. The Hall–Kier alpha value is -2.98. The van der Waals surface area contributed by atoms with Crippen molar-refractivity contribution in [3.63, 3.8) is 0 Å². The van der Waals surface area contributed by atoms with Crippen molar-refractivity contribution in [2.75, 3.05) is 12.8 Å². The fourth-order valence-electron chi connectivity index (χ4n) is 2.46. The van der Waals surface area contributed by atoms with Gasteiger partial charge in [-0.1, -0.05) is 40.2 Å². The summed E-state index contributed by atoms with van der Waals surface area (Å²) in [5, 5.41) is 13.8. The third-order valence-corrected chi connectivity index (χ3v) is 4.36. The van der Waals surface area contributed by atoms with Gasteiger partial charge >= 0.3 is 0 Å². The van der Waals surface area contributed by atoms with Crippen LogP contribution in [0.15, 0.2) is 53.0 Å². The molecule has 0 bridgehead atoms. The summed E-state index contributed by atoms with van der Waals surface area (Å²) in [6.07, 6.45) is 0. The molecule has 1 aromatic heterocycles. The maximum Gasteiger partial charge on any atom is 0.253 e. The highest BCUT2D eigenvalue weighted by Crippen LogP contribution is 2.25. The van der Waals surface area contributed by atoms with Crippen LogP contribution in [0.2, 0.25) is 0 Å². The largest absolute Gasteiger partial charge is 0.497 e.